The minimum absolute atomic E-state index is 0.260. The van der Waals surface area contributed by atoms with Crippen molar-refractivity contribution in [3.63, 3.8) is 0 Å². The first-order valence-electron chi connectivity index (χ1n) is 6.41. The fourth-order valence-corrected chi connectivity index (χ4v) is 2.41. The van der Waals surface area contributed by atoms with Crippen LogP contribution in [0.3, 0.4) is 0 Å². The largest absolute Gasteiger partial charge is 0.469 e. The van der Waals surface area contributed by atoms with Gasteiger partial charge in [0.25, 0.3) is 0 Å². The first kappa shape index (κ1) is 11.5. The molecule has 0 fully saturated rings. The predicted octanol–water partition coefficient (Wildman–Crippen LogP) is 3.38. The second-order valence-corrected chi connectivity index (χ2v) is 4.64. The lowest BCUT2D eigenvalue weighted by atomic mass is 9.94. The zero-order valence-electron chi connectivity index (χ0n) is 10.3. The van der Waals surface area contributed by atoms with Gasteiger partial charge in [-0.3, -0.25) is 4.84 Å². The zero-order chi connectivity index (χ0) is 12.2. The summed E-state index contributed by atoms with van der Waals surface area (Å²) in [5, 5.41) is 0. The second-order valence-electron chi connectivity index (χ2n) is 4.64. The van der Waals surface area contributed by atoms with Crippen LogP contribution >= 0.6 is 0 Å². The molecule has 1 N–H and O–H groups in total. The molecule has 1 atom stereocenters. The van der Waals surface area contributed by atoms with Gasteiger partial charge in [-0.25, -0.2) is 0 Å². The lowest BCUT2D eigenvalue weighted by molar-refractivity contribution is -0.00135. The fourth-order valence-electron chi connectivity index (χ4n) is 2.41. The van der Waals surface area contributed by atoms with Gasteiger partial charge >= 0.3 is 0 Å². The van der Waals surface area contributed by atoms with Crippen molar-refractivity contribution in [1.29, 1.82) is 0 Å². The topological polar surface area (TPSA) is 34.4 Å². The highest BCUT2D eigenvalue weighted by Crippen LogP contribution is 2.30. The summed E-state index contributed by atoms with van der Waals surface area (Å²) in [6.07, 6.45) is 5.05. The number of hydrogen-bond donors (Lipinski definition) is 1. The predicted molar refractivity (Wildman–Crippen MR) is 68.8 cm³/mol. The molecular weight excluding hydrogens is 226 g/mol. The van der Waals surface area contributed by atoms with E-state index in [4.69, 9.17) is 9.25 Å². The zero-order valence-corrected chi connectivity index (χ0v) is 10.3. The summed E-state index contributed by atoms with van der Waals surface area (Å²) in [7, 11) is 0. The van der Waals surface area contributed by atoms with E-state index in [9.17, 15) is 0 Å². The number of nitrogens with one attached hydrogen (secondary N) is 1. The third-order valence-electron chi connectivity index (χ3n) is 3.36. The van der Waals surface area contributed by atoms with Crippen molar-refractivity contribution in [1.82, 2.24) is 5.48 Å². The Hall–Kier alpha value is -1.58. The minimum Gasteiger partial charge on any atom is -0.469 e. The lowest BCUT2D eigenvalue weighted by Crippen LogP contribution is -2.24. The van der Waals surface area contributed by atoms with E-state index in [1.165, 1.54) is 11.1 Å². The number of rotatable bonds is 4. The van der Waals surface area contributed by atoms with Crippen molar-refractivity contribution in [2.45, 2.75) is 31.9 Å². The van der Waals surface area contributed by atoms with Gasteiger partial charge in [0, 0.05) is 12.0 Å². The van der Waals surface area contributed by atoms with Gasteiger partial charge in [-0.2, -0.15) is 5.48 Å². The summed E-state index contributed by atoms with van der Waals surface area (Å²) in [5.41, 5.74) is 5.57. The monoisotopic (exact) mass is 243 g/mol. The van der Waals surface area contributed by atoms with Crippen LogP contribution in [0.25, 0.3) is 0 Å². The van der Waals surface area contributed by atoms with Crippen LogP contribution in [0.5, 0.6) is 0 Å². The Morgan fingerprint density at radius 1 is 1.22 bits per heavy atom. The number of benzene rings is 1. The van der Waals surface area contributed by atoms with Gasteiger partial charge in [-0.05, 0) is 24.5 Å². The highest BCUT2D eigenvalue weighted by molar-refractivity contribution is 5.23. The van der Waals surface area contributed by atoms with Gasteiger partial charge in [-0.15, -0.1) is 0 Å². The molecule has 0 saturated heterocycles. The molecule has 1 aromatic heterocycles. The van der Waals surface area contributed by atoms with Crippen LogP contribution in [0.4, 0.5) is 0 Å². The molecular formula is C15H17NO2. The van der Waals surface area contributed by atoms with E-state index in [2.05, 4.69) is 17.6 Å². The Bertz CT molecular complexity index is 492. The Morgan fingerprint density at radius 3 is 3.00 bits per heavy atom. The minimum atomic E-state index is 0.260. The van der Waals surface area contributed by atoms with Crippen LogP contribution in [0.15, 0.2) is 47.1 Å². The highest BCUT2D eigenvalue weighted by Gasteiger charge is 2.22. The number of hydroxylamine groups is 1. The molecule has 3 heteroatoms. The van der Waals surface area contributed by atoms with Gasteiger partial charge < -0.3 is 4.42 Å². The Morgan fingerprint density at radius 2 is 2.11 bits per heavy atom. The van der Waals surface area contributed by atoms with E-state index in [1.807, 2.05) is 24.3 Å². The van der Waals surface area contributed by atoms with Gasteiger partial charge in [0.05, 0.1) is 18.9 Å². The molecule has 0 amide bonds. The van der Waals surface area contributed by atoms with Crippen LogP contribution < -0.4 is 5.48 Å². The number of furan rings is 1. The third kappa shape index (κ3) is 2.47. The van der Waals surface area contributed by atoms with Gasteiger partial charge in [-0.1, -0.05) is 30.3 Å². The van der Waals surface area contributed by atoms with Crippen molar-refractivity contribution < 1.29 is 9.25 Å². The SMILES string of the molecule is c1ccc(CONC2CCCc3occc32)cc1. The standard InChI is InChI=1S/C15H17NO2/c1-2-5-12(6-3-1)11-18-16-14-7-4-8-15-13(14)9-10-17-15/h1-3,5-6,9-10,14,16H,4,7-8,11H2. The maximum absolute atomic E-state index is 5.59. The molecule has 0 radical (unpaired) electrons. The quantitative estimate of drug-likeness (QED) is 0.836. The van der Waals surface area contributed by atoms with Gasteiger partial charge in [0.15, 0.2) is 0 Å². The van der Waals surface area contributed by atoms with E-state index in [1.54, 1.807) is 6.26 Å². The molecule has 1 aromatic carbocycles. The molecule has 1 aliphatic rings. The van der Waals surface area contributed by atoms with Gasteiger partial charge in [0.1, 0.15) is 5.76 Å². The van der Waals surface area contributed by atoms with Crippen LogP contribution in [-0.2, 0) is 17.9 Å². The second kappa shape index (κ2) is 5.38. The summed E-state index contributed by atoms with van der Waals surface area (Å²) in [6.45, 7) is 0.588. The molecule has 0 aliphatic heterocycles. The van der Waals surface area contributed by atoms with Crippen LogP contribution in [0.2, 0.25) is 0 Å². The van der Waals surface area contributed by atoms with Crippen molar-refractivity contribution in [2.24, 2.45) is 0 Å². The van der Waals surface area contributed by atoms with Crippen LogP contribution in [0, 0.1) is 0 Å². The average Bonchev–Trinajstić information content (AvgIpc) is 2.89. The average molecular weight is 243 g/mol. The molecule has 94 valence electrons. The molecule has 3 nitrogen and oxygen atoms in total. The first-order chi connectivity index (χ1) is 8.93. The van der Waals surface area contributed by atoms with Crippen LogP contribution in [0.1, 0.15) is 35.8 Å². The van der Waals surface area contributed by atoms with Crippen molar-refractivity contribution >= 4 is 0 Å². The molecule has 1 heterocycles. The summed E-state index contributed by atoms with van der Waals surface area (Å²) in [5.74, 6) is 1.10. The summed E-state index contributed by atoms with van der Waals surface area (Å²) in [4.78, 5) is 5.59. The summed E-state index contributed by atoms with van der Waals surface area (Å²) >= 11 is 0. The maximum Gasteiger partial charge on any atom is 0.108 e. The molecule has 0 spiro atoms. The number of hydrogen-bond acceptors (Lipinski definition) is 3. The molecule has 18 heavy (non-hydrogen) atoms. The Labute approximate surface area is 107 Å². The van der Waals surface area contributed by atoms with E-state index >= 15 is 0 Å². The molecule has 2 aromatic rings. The number of aryl methyl sites for hydroxylation is 1. The Balaban J connectivity index is 1.56. The molecule has 1 aliphatic carbocycles. The summed E-state index contributed by atoms with van der Waals surface area (Å²) in [6, 6.07) is 12.5. The Kier molecular flexibility index (Phi) is 3.44. The van der Waals surface area contributed by atoms with Crippen LogP contribution in [-0.4, -0.2) is 0 Å². The van der Waals surface area contributed by atoms with Crippen molar-refractivity contribution in [3.8, 4) is 0 Å². The van der Waals surface area contributed by atoms with E-state index in [0.717, 1.165) is 25.0 Å². The summed E-state index contributed by atoms with van der Waals surface area (Å²) < 4.78 is 5.46. The normalized spacial score (nSPS) is 18.6. The number of fused-ring (bicyclic) bond motifs is 1. The first-order valence-corrected chi connectivity index (χ1v) is 6.41. The molecule has 0 bridgehead atoms. The van der Waals surface area contributed by atoms with Crippen molar-refractivity contribution in [2.75, 3.05) is 0 Å². The maximum atomic E-state index is 5.59. The van der Waals surface area contributed by atoms with Crippen molar-refractivity contribution in [3.05, 3.63) is 59.5 Å². The van der Waals surface area contributed by atoms with E-state index < -0.39 is 0 Å². The fraction of sp³-hybridized carbons (Fsp3) is 0.333. The molecule has 3 rings (SSSR count). The molecule has 0 saturated carbocycles. The molecule has 1 unspecified atom stereocenters. The van der Waals surface area contributed by atoms with Gasteiger partial charge in [0.2, 0.25) is 0 Å². The smallest absolute Gasteiger partial charge is 0.108 e. The lowest BCUT2D eigenvalue weighted by Gasteiger charge is -2.22. The highest BCUT2D eigenvalue weighted by atomic mass is 16.6. The third-order valence-corrected chi connectivity index (χ3v) is 3.36. The van der Waals surface area contributed by atoms with E-state index in [-0.39, 0.29) is 6.04 Å². The van der Waals surface area contributed by atoms with E-state index in [0.29, 0.717) is 6.61 Å².